The molecule has 1 amide bonds. The molecule has 1 saturated carbocycles. The number of aliphatic hydroxyl groups excluding tert-OH is 1. The van der Waals surface area contributed by atoms with Crippen LogP contribution in [0.25, 0.3) is 33.4 Å². The number of piperidine rings is 1. The highest BCUT2D eigenvalue weighted by molar-refractivity contribution is 6.39. The average Bonchev–Trinajstić information content (AvgIpc) is 1.75. The summed E-state index contributed by atoms with van der Waals surface area (Å²) in [6.45, 7) is 21.3. The van der Waals surface area contributed by atoms with E-state index < -0.39 is 71.7 Å². The van der Waals surface area contributed by atoms with Crippen molar-refractivity contribution in [2.75, 3.05) is 145 Å². The van der Waals surface area contributed by atoms with E-state index in [2.05, 4.69) is 25.3 Å². The summed E-state index contributed by atoms with van der Waals surface area (Å²) in [4.78, 5) is 99.4. The van der Waals surface area contributed by atoms with E-state index in [1.54, 1.807) is 57.0 Å². The number of benzene rings is 1. The quantitative estimate of drug-likeness (QED) is 0.0119. The lowest BCUT2D eigenvalue weighted by Gasteiger charge is -2.42. The van der Waals surface area contributed by atoms with Crippen LogP contribution in [0.5, 0.6) is 0 Å². The highest BCUT2D eigenvalue weighted by Crippen LogP contribution is 2.42. The standard InChI is InChI=1S/C96H141N11O23/c1-64-21-12-10-13-22-65(2)76(80-26-20-38-126-80)60-75-30-27-70(7)96(115,130-75)90(112)93(113)106-34-18-15-25-78(106)94(114)128-83(61-79(109)66(3)56-69(6)88(111)89(117-9)87(110)68(5)55-64)67(4)57-71-28-31-82(84(58-71)116-8)127-37-19-16-23-73-62-105(104-102-73)36-40-119-42-44-121-46-48-123-50-52-125-54-53-124-51-49-122-47-45-120-43-41-118-39-33-74(108)24-14-11-17-35-107-92-85(91(97)99-63-100-92)86(103-107)72-29-32-81-77(59-72)101-95(98)129-81/h10,12-13,20-22,26,29,32,38,56,59,62-64,66-68,70-71,75-76,78,82-84,88-89,111,115H,11,14-19,23-25,27-28,30-31,33-37,39-55,57-58,60-61H2,1-9H3,(H2,98,101)(H2,97,99,100)/b13-10+,21-12+,65-22+,69-56+/t64-,66-,67-,68-,70-,71+,75+,76+,78+,82-,83?,84-,88-,89+,96-/m1/s1. The van der Waals surface area contributed by atoms with Crippen molar-refractivity contribution in [3.63, 3.8) is 0 Å². The first-order valence-electron chi connectivity index (χ1n) is 46.7. The van der Waals surface area contributed by atoms with Gasteiger partial charge in [0, 0.05) is 88.6 Å². The third kappa shape index (κ3) is 31.7. The Morgan fingerprint density at radius 2 is 1.41 bits per heavy atom. The molecule has 1 aromatic carbocycles. The number of methoxy groups -OCH3 is 2. The van der Waals surface area contributed by atoms with Crippen LogP contribution in [0.4, 0.5) is 11.8 Å². The summed E-state index contributed by atoms with van der Waals surface area (Å²) in [7, 11) is 3.07. The number of hydrogen-bond acceptors (Lipinski definition) is 31. The van der Waals surface area contributed by atoms with Crippen LogP contribution in [0.2, 0.25) is 0 Å². The monoisotopic (exact) mass is 1820 g/mol. The summed E-state index contributed by atoms with van der Waals surface area (Å²) in [5.74, 6) is -7.38. The van der Waals surface area contributed by atoms with Crippen molar-refractivity contribution in [2.24, 2.45) is 35.5 Å². The van der Waals surface area contributed by atoms with Gasteiger partial charge in [-0.15, -0.1) is 5.10 Å². The molecule has 6 N–H and O–H groups in total. The van der Waals surface area contributed by atoms with Crippen molar-refractivity contribution >= 4 is 69.0 Å². The fourth-order valence-electron chi connectivity index (χ4n) is 17.4. The molecule has 2 bridgehead atoms. The van der Waals surface area contributed by atoms with Crippen LogP contribution in [0.3, 0.4) is 0 Å². The number of cyclic esters (lactones) is 1. The number of nitrogens with zero attached hydrogens (tertiary/aromatic N) is 9. The molecule has 6 aromatic rings. The lowest BCUT2D eigenvalue weighted by Crippen LogP contribution is -2.60. The number of carbonyl (C=O) groups excluding carboxylic acids is 6. The van der Waals surface area contributed by atoms with Crippen molar-refractivity contribution in [3.05, 3.63) is 108 Å². The van der Waals surface area contributed by atoms with Gasteiger partial charge in [0.15, 0.2) is 17.0 Å². The number of carbonyl (C=O) groups is 6. The second-order valence-electron chi connectivity index (χ2n) is 35.0. The fraction of sp³-hybridized carbons (Fsp3) is 0.667. The summed E-state index contributed by atoms with van der Waals surface area (Å²) in [5.41, 5.74) is 17.5. The maximum absolute atomic E-state index is 14.9. The smallest absolute Gasteiger partial charge is 0.329 e. The molecule has 1 aliphatic carbocycles. The number of aliphatic hydroxyl groups is 2. The molecule has 8 heterocycles. The molecule has 1 unspecified atom stereocenters. The molecule has 0 radical (unpaired) electrons. The highest BCUT2D eigenvalue weighted by Gasteiger charge is 2.53. The number of ketones is 4. The summed E-state index contributed by atoms with van der Waals surface area (Å²) < 4.78 is 91.2. The van der Waals surface area contributed by atoms with Gasteiger partial charge < -0.3 is 97.0 Å². The van der Waals surface area contributed by atoms with Gasteiger partial charge in [0.1, 0.15) is 65.0 Å². The lowest BCUT2D eigenvalue weighted by molar-refractivity contribution is -0.264. The van der Waals surface area contributed by atoms with Gasteiger partial charge in [0.25, 0.3) is 17.7 Å². The number of ether oxygens (including phenoxy) is 13. The average molecular weight is 1820 g/mol. The first-order chi connectivity index (χ1) is 62.9. The van der Waals surface area contributed by atoms with Crippen LogP contribution in [0.15, 0.2) is 106 Å². The molecule has 5 aromatic heterocycles. The predicted octanol–water partition coefficient (Wildman–Crippen LogP) is 11.6. The van der Waals surface area contributed by atoms with Crippen LogP contribution in [0, 0.1) is 35.5 Å². The number of Topliss-reactive ketones (excluding diaryl/α,β-unsaturated/α-hetero) is 4. The number of allylic oxidation sites excluding steroid dienone is 7. The minimum absolute atomic E-state index is 0.0148. The molecule has 130 heavy (non-hydrogen) atoms. The Labute approximate surface area is 763 Å². The third-order valence-corrected chi connectivity index (χ3v) is 25.0. The molecular weight excluding hydrogens is 1680 g/mol. The van der Waals surface area contributed by atoms with Crippen LogP contribution in [-0.4, -0.2) is 271 Å². The number of esters is 1. The number of unbranched alkanes of at least 4 members (excludes halogenated alkanes) is 3. The summed E-state index contributed by atoms with van der Waals surface area (Å²) in [6.07, 6.45) is 22.9. The fourth-order valence-corrected chi connectivity index (χ4v) is 17.4. The Bertz CT molecular complexity index is 4580. The van der Waals surface area contributed by atoms with Gasteiger partial charge in [-0.3, -0.25) is 24.0 Å². The molecule has 34 nitrogen and oxygen atoms in total. The van der Waals surface area contributed by atoms with E-state index in [9.17, 15) is 39.0 Å². The molecule has 15 atom stereocenters. The molecule has 34 heteroatoms. The van der Waals surface area contributed by atoms with Crippen LogP contribution < -0.4 is 11.5 Å². The van der Waals surface area contributed by atoms with Crippen LogP contribution >= 0.6 is 0 Å². The van der Waals surface area contributed by atoms with E-state index in [1.807, 2.05) is 87.2 Å². The molecule has 2 saturated heterocycles. The number of amides is 1. The predicted molar refractivity (Wildman–Crippen MR) is 484 cm³/mol. The molecule has 10 rings (SSSR count). The molecule has 718 valence electrons. The van der Waals surface area contributed by atoms with Crippen LogP contribution in [-0.2, 0) is 110 Å². The van der Waals surface area contributed by atoms with Crippen molar-refractivity contribution in [3.8, 4) is 11.3 Å². The summed E-state index contributed by atoms with van der Waals surface area (Å²) in [5, 5.41) is 38.2. The van der Waals surface area contributed by atoms with E-state index in [1.165, 1.54) is 18.3 Å². The Hall–Kier alpha value is -8.72. The largest absolute Gasteiger partial charge is 0.469 e. The summed E-state index contributed by atoms with van der Waals surface area (Å²) in [6, 6.07) is 8.10. The maximum atomic E-state index is 14.9. The van der Waals surface area contributed by atoms with Crippen molar-refractivity contribution in [1.82, 2.24) is 44.6 Å². The molecular formula is C96H141N11O23. The van der Waals surface area contributed by atoms with E-state index >= 15 is 0 Å². The number of aromatic nitrogens is 8. The first-order valence-corrected chi connectivity index (χ1v) is 46.7. The first kappa shape index (κ1) is 103. The Morgan fingerprint density at radius 3 is 2.09 bits per heavy atom. The topological polar surface area (TPSA) is 432 Å². The van der Waals surface area contributed by atoms with Crippen molar-refractivity contribution in [1.29, 1.82) is 0 Å². The SMILES string of the molecule is CO[C@@H]1C[C@H](C[C@@H](C)C2CC(=O)[C@H](C)/C=C(\C)[C@@H](O)[C@@H](OC)C(=O)[C@H](C)C[C@H](C)/C=C/C=C/C=C(\C)[C@@H](c3ccco3)C[C@@H]3CC[C@@H](C)[C@@](O)(O3)C(=O)C(=O)N3CCCC[C@H]3C(=O)O2)CC[C@H]1OCCCCc1cn(CCOCCOCCOCCOCCOCCOCCOCCOCCC(=O)CCCCCn2nc(-c3ccc4oc(N)nc4c3)c3c(N)ncnc32)nn1. The van der Waals surface area contributed by atoms with E-state index in [-0.39, 0.29) is 78.6 Å². The van der Waals surface area contributed by atoms with E-state index in [4.69, 9.17) is 87.0 Å². The summed E-state index contributed by atoms with van der Waals surface area (Å²) >= 11 is 0. The van der Waals surface area contributed by atoms with Gasteiger partial charge in [-0.1, -0.05) is 88.3 Å². The highest BCUT2D eigenvalue weighted by atomic mass is 16.6. The van der Waals surface area contributed by atoms with Crippen molar-refractivity contribution in [2.45, 2.75) is 244 Å². The molecule has 0 spiro atoms. The molecule has 3 aliphatic heterocycles. The van der Waals surface area contributed by atoms with Gasteiger partial charge in [-0.2, -0.15) is 10.1 Å². The number of furan rings is 1. The van der Waals surface area contributed by atoms with Crippen LogP contribution in [0.1, 0.15) is 188 Å². The van der Waals surface area contributed by atoms with Gasteiger partial charge in [-0.05, 0) is 170 Å². The van der Waals surface area contributed by atoms with Crippen molar-refractivity contribution < 1.29 is 109 Å². The number of rotatable bonds is 46. The minimum Gasteiger partial charge on any atom is -0.469 e. The number of nitrogen functional groups attached to an aromatic ring is 2. The second-order valence-corrected chi connectivity index (χ2v) is 35.0. The Morgan fingerprint density at radius 1 is 0.708 bits per heavy atom. The zero-order valence-electron chi connectivity index (χ0n) is 77.6. The Balaban J connectivity index is 0.550. The third-order valence-electron chi connectivity index (χ3n) is 25.0. The number of oxazole rings is 1. The zero-order chi connectivity index (χ0) is 92.7. The Kier molecular flexibility index (Phi) is 43.3. The minimum atomic E-state index is -2.48. The zero-order valence-corrected chi connectivity index (χ0v) is 77.6. The van der Waals surface area contributed by atoms with Gasteiger partial charge in [0.05, 0.1) is 148 Å². The van der Waals surface area contributed by atoms with E-state index in [0.29, 0.717) is 235 Å². The number of nitrogens with two attached hydrogens (primary N) is 2. The second kappa shape index (κ2) is 54.5. The number of hydrogen-bond donors (Lipinski definition) is 4. The number of anilines is 2. The number of aryl methyl sites for hydroxylation is 2. The maximum Gasteiger partial charge on any atom is 0.329 e. The van der Waals surface area contributed by atoms with Gasteiger partial charge in [0.2, 0.25) is 5.79 Å². The normalized spacial score (nSPS) is 26.2. The molecule has 4 aliphatic rings. The van der Waals surface area contributed by atoms with Gasteiger partial charge in [-0.25, -0.2) is 24.1 Å². The van der Waals surface area contributed by atoms with Gasteiger partial charge >= 0.3 is 5.97 Å². The lowest BCUT2D eigenvalue weighted by atomic mass is 9.78. The number of fused-ring (bicyclic) bond motifs is 5. The molecule has 3 fully saturated rings. The van der Waals surface area contributed by atoms with E-state index in [0.717, 1.165) is 68.2 Å².